The molecule has 1 aromatic heterocycles. The summed E-state index contributed by atoms with van der Waals surface area (Å²) >= 11 is 0. The molecule has 0 radical (unpaired) electrons. The molecule has 140 valence electrons. The highest BCUT2D eigenvalue weighted by atomic mass is 19.4. The van der Waals surface area contributed by atoms with Crippen LogP contribution in [0.2, 0.25) is 0 Å². The number of carbonyl (C=O) groups excluding carboxylic acids is 1. The molecule has 4 rings (SSSR count). The molecule has 0 fully saturated rings. The molecule has 0 saturated carbocycles. The van der Waals surface area contributed by atoms with Crippen molar-refractivity contribution in [3.8, 4) is 11.5 Å². The average molecular weight is 376 g/mol. The van der Waals surface area contributed by atoms with Gasteiger partial charge in [0.05, 0.1) is 5.52 Å². The molecule has 0 aliphatic carbocycles. The van der Waals surface area contributed by atoms with Gasteiger partial charge < -0.3 is 15.2 Å². The Morgan fingerprint density at radius 2 is 1.85 bits per heavy atom. The van der Waals surface area contributed by atoms with Crippen molar-refractivity contribution in [2.24, 2.45) is 0 Å². The Balaban J connectivity index is 1.64. The Morgan fingerprint density at radius 1 is 1.07 bits per heavy atom. The van der Waals surface area contributed by atoms with Gasteiger partial charge in [-0.15, -0.1) is 0 Å². The Bertz CT molecular complexity index is 1040. The van der Waals surface area contributed by atoms with Crippen molar-refractivity contribution in [1.82, 2.24) is 4.57 Å². The SMILES string of the molecule is Nc1ccc2c(c1)cc(C(F)(F)F)n2C(=O)CCc1ccc2c(c1)OCO2. The van der Waals surface area contributed by atoms with Crippen LogP contribution in [-0.4, -0.2) is 17.3 Å². The largest absolute Gasteiger partial charge is 0.454 e. The molecule has 0 bridgehead atoms. The molecule has 2 heterocycles. The summed E-state index contributed by atoms with van der Waals surface area (Å²) in [5.74, 6) is 0.538. The Kier molecular flexibility index (Phi) is 3.98. The number of rotatable bonds is 3. The molecule has 2 aromatic carbocycles. The van der Waals surface area contributed by atoms with Gasteiger partial charge in [0.15, 0.2) is 11.5 Å². The standard InChI is InChI=1S/C19H15F3N2O3/c20-19(21,22)17-9-12-8-13(23)3-4-14(12)24(17)18(25)6-2-11-1-5-15-16(7-11)27-10-26-15/h1,3-5,7-9H,2,6,10,23H2. The topological polar surface area (TPSA) is 66.5 Å². The fraction of sp³-hybridized carbons (Fsp3) is 0.211. The van der Waals surface area contributed by atoms with Crippen molar-refractivity contribution in [2.45, 2.75) is 19.0 Å². The minimum atomic E-state index is -4.65. The van der Waals surface area contributed by atoms with Crippen molar-refractivity contribution < 1.29 is 27.4 Å². The number of nitrogens with two attached hydrogens (primary N) is 1. The van der Waals surface area contributed by atoms with E-state index in [2.05, 4.69) is 0 Å². The van der Waals surface area contributed by atoms with E-state index in [4.69, 9.17) is 15.2 Å². The van der Waals surface area contributed by atoms with Gasteiger partial charge in [-0.2, -0.15) is 13.2 Å². The molecule has 5 nitrogen and oxygen atoms in total. The second-order valence-electron chi connectivity index (χ2n) is 6.26. The van der Waals surface area contributed by atoms with Gasteiger partial charge in [-0.3, -0.25) is 9.36 Å². The summed E-state index contributed by atoms with van der Waals surface area (Å²) in [6, 6.07) is 10.5. The molecule has 27 heavy (non-hydrogen) atoms. The molecule has 8 heteroatoms. The van der Waals surface area contributed by atoms with Crippen LogP contribution in [0, 0.1) is 0 Å². The summed E-state index contributed by atoms with van der Waals surface area (Å²) < 4.78 is 51.5. The predicted octanol–water partition coefficient (Wildman–Crippen LogP) is 4.24. The third-order valence-corrected chi connectivity index (χ3v) is 4.43. The Labute approximate surface area is 152 Å². The van der Waals surface area contributed by atoms with Crippen molar-refractivity contribution in [1.29, 1.82) is 0 Å². The van der Waals surface area contributed by atoms with E-state index in [1.807, 2.05) is 0 Å². The van der Waals surface area contributed by atoms with Gasteiger partial charge in [0, 0.05) is 17.5 Å². The minimum Gasteiger partial charge on any atom is -0.454 e. The van der Waals surface area contributed by atoms with Crippen molar-refractivity contribution in [3.05, 3.63) is 53.7 Å². The molecule has 0 amide bonds. The summed E-state index contributed by atoms with van der Waals surface area (Å²) in [6.07, 6.45) is -4.46. The van der Waals surface area contributed by atoms with Gasteiger partial charge in [-0.25, -0.2) is 0 Å². The molecule has 3 aromatic rings. The minimum absolute atomic E-state index is 0.0864. The molecule has 1 aliphatic rings. The molecule has 0 saturated heterocycles. The van der Waals surface area contributed by atoms with E-state index in [0.717, 1.165) is 16.2 Å². The first kappa shape index (κ1) is 17.3. The maximum atomic E-state index is 13.4. The Morgan fingerprint density at radius 3 is 2.63 bits per heavy atom. The van der Waals surface area contributed by atoms with Crippen LogP contribution < -0.4 is 15.2 Å². The van der Waals surface area contributed by atoms with E-state index in [-0.39, 0.29) is 30.5 Å². The van der Waals surface area contributed by atoms with E-state index >= 15 is 0 Å². The number of ether oxygens (including phenoxy) is 2. The number of hydrogen-bond donors (Lipinski definition) is 1. The van der Waals surface area contributed by atoms with Crippen LogP contribution in [0.3, 0.4) is 0 Å². The molecule has 1 aliphatic heterocycles. The number of aryl methyl sites for hydroxylation is 1. The number of nitrogens with zero attached hydrogens (tertiary/aromatic N) is 1. The van der Waals surface area contributed by atoms with Crippen molar-refractivity contribution in [3.63, 3.8) is 0 Å². The van der Waals surface area contributed by atoms with Gasteiger partial charge in [-0.05, 0) is 48.4 Å². The number of nitrogen functional groups attached to an aromatic ring is 1. The maximum absolute atomic E-state index is 13.4. The smallest absolute Gasteiger partial charge is 0.431 e. The highest BCUT2D eigenvalue weighted by Gasteiger charge is 2.37. The van der Waals surface area contributed by atoms with Crippen LogP contribution in [0.25, 0.3) is 10.9 Å². The second-order valence-corrected chi connectivity index (χ2v) is 6.26. The molecule has 0 spiro atoms. The molecular formula is C19H15F3N2O3. The second kappa shape index (κ2) is 6.22. The quantitative estimate of drug-likeness (QED) is 0.694. The highest BCUT2D eigenvalue weighted by molar-refractivity contribution is 5.95. The number of aromatic nitrogens is 1. The summed E-state index contributed by atoms with van der Waals surface area (Å²) in [5.41, 5.74) is 5.95. The first-order valence-electron chi connectivity index (χ1n) is 8.23. The maximum Gasteiger partial charge on any atom is 0.431 e. The predicted molar refractivity (Wildman–Crippen MR) is 92.9 cm³/mol. The van der Waals surface area contributed by atoms with Crippen LogP contribution in [0.5, 0.6) is 11.5 Å². The lowest BCUT2D eigenvalue weighted by Crippen LogP contribution is -2.20. The van der Waals surface area contributed by atoms with E-state index in [1.165, 1.54) is 18.2 Å². The van der Waals surface area contributed by atoms with E-state index in [1.54, 1.807) is 18.2 Å². The zero-order valence-corrected chi connectivity index (χ0v) is 14.0. The molecule has 0 unspecified atom stereocenters. The first-order chi connectivity index (χ1) is 12.8. The van der Waals surface area contributed by atoms with Crippen LogP contribution in [0.1, 0.15) is 22.5 Å². The van der Waals surface area contributed by atoms with Crippen molar-refractivity contribution in [2.75, 3.05) is 12.5 Å². The lowest BCUT2D eigenvalue weighted by atomic mass is 10.1. The van der Waals surface area contributed by atoms with Crippen LogP contribution in [0.4, 0.5) is 18.9 Å². The number of benzene rings is 2. The Hall–Kier alpha value is -3.16. The highest BCUT2D eigenvalue weighted by Crippen LogP contribution is 2.35. The number of halogens is 3. The normalized spacial score (nSPS) is 13.3. The fourth-order valence-electron chi connectivity index (χ4n) is 3.17. The molecular weight excluding hydrogens is 361 g/mol. The van der Waals surface area contributed by atoms with Gasteiger partial charge in [0.2, 0.25) is 12.7 Å². The molecule has 0 atom stereocenters. The summed E-state index contributed by atoms with van der Waals surface area (Å²) in [4.78, 5) is 12.7. The number of alkyl halides is 3. The number of fused-ring (bicyclic) bond motifs is 2. The van der Waals surface area contributed by atoms with Crippen LogP contribution in [-0.2, 0) is 12.6 Å². The van der Waals surface area contributed by atoms with Crippen LogP contribution in [0.15, 0.2) is 42.5 Å². The summed E-state index contributed by atoms with van der Waals surface area (Å²) in [7, 11) is 0. The molecule has 2 N–H and O–H groups in total. The number of hydrogen-bond acceptors (Lipinski definition) is 4. The van der Waals surface area contributed by atoms with Gasteiger partial charge in [0.1, 0.15) is 5.69 Å². The average Bonchev–Trinajstić information content (AvgIpc) is 3.22. The van der Waals surface area contributed by atoms with Crippen LogP contribution >= 0.6 is 0 Å². The van der Waals surface area contributed by atoms with Gasteiger partial charge in [-0.1, -0.05) is 6.07 Å². The van der Waals surface area contributed by atoms with E-state index < -0.39 is 17.8 Å². The zero-order chi connectivity index (χ0) is 19.2. The van der Waals surface area contributed by atoms with Crippen molar-refractivity contribution >= 4 is 22.5 Å². The summed E-state index contributed by atoms with van der Waals surface area (Å²) in [6.45, 7) is 0.130. The lowest BCUT2D eigenvalue weighted by Gasteiger charge is -2.12. The van der Waals surface area contributed by atoms with Gasteiger partial charge >= 0.3 is 6.18 Å². The third kappa shape index (κ3) is 3.18. The van der Waals surface area contributed by atoms with E-state index in [0.29, 0.717) is 17.2 Å². The number of anilines is 1. The van der Waals surface area contributed by atoms with E-state index in [9.17, 15) is 18.0 Å². The zero-order valence-electron chi connectivity index (χ0n) is 14.0. The first-order valence-corrected chi connectivity index (χ1v) is 8.23. The number of carbonyl (C=O) groups is 1. The monoisotopic (exact) mass is 376 g/mol. The lowest BCUT2D eigenvalue weighted by molar-refractivity contribution is -0.142. The third-order valence-electron chi connectivity index (χ3n) is 4.43. The summed E-state index contributed by atoms with van der Waals surface area (Å²) in [5, 5.41) is 0.277. The van der Waals surface area contributed by atoms with Gasteiger partial charge in [0.25, 0.3) is 0 Å². The fourth-order valence-corrected chi connectivity index (χ4v) is 3.17.